The molecule has 1 N–H and O–H groups in total. The van der Waals surface area contributed by atoms with Crippen LogP contribution in [0.3, 0.4) is 0 Å². The van der Waals surface area contributed by atoms with Crippen molar-refractivity contribution in [2.45, 2.75) is 13.8 Å². The molecular weight excluding hydrogens is 207 g/mol. The van der Waals surface area contributed by atoms with E-state index in [4.69, 9.17) is 0 Å². The molecule has 0 amide bonds. The number of aryl methyl sites for hydroxylation is 1. The zero-order valence-corrected chi connectivity index (χ0v) is 9.04. The van der Waals surface area contributed by atoms with Crippen molar-refractivity contribution < 1.29 is 4.39 Å². The van der Waals surface area contributed by atoms with Crippen LogP contribution in [0.15, 0.2) is 29.3 Å². The number of halogens is 1. The number of aromatic amines is 1. The first-order chi connectivity index (χ1) is 7.59. The second-order valence-electron chi connectivity index (χ2n) is 3.66. The summed E-state index contributed by atoms with van der Waals surface area (Å²) in [6, 6.07) is 4.46. The Morgan fingerprint density at radius 1 is 1.31 bits per heavy atom. The standard InChI is InChI=1S/C12H11FN2O/c1-7-3-4-9(13)5-10(7)11-8(2)12(16)15-6-14-11/h3-6H,1-2H3,(H,14,15,16). The Morgan fingerprint density at radius 3 is 2.81 bits per heavy atom. The Balaban J connectivity index is 2.72. The smallest absolute Gasteiger partial charge is 0.254 e. The number of hydrogen-bond acceptors (Lipinski definition) is 2. The van der Waals surface area contributed by atoms with Gasteiger partial charge in [-0.25, -0.2) is 9.37 Å². The van der Waals surface area contributed by atoms with Gasteiger partial charge in [0, 0.05) is 11.1 Å². The number of rotatable bonds is 1. The van der Waals surface area contributed by atoms with E-state index < -0.39 is 0 Å². The van der Waals surface area contributed by atoms with Crippen molar-refractivity contribution in [3.63, 3.8) is 0 Å². The number of aromatic nitrogens is 2. The van der Waals surface area contributed by atoms with Gasteiger partial charge in [-0.3, -0.25) is 4.79 Å². The molecule has 0 unspecified atom stereocenters. The van der Waals surface area contributed by atoms with Gasteiger partial charge in [0.05, 0.1) is 12.0 Å². The van der Waals surface area contributed by atoms with Crippen LogP contribution in [0, 0.1) is 19.7 Å². The SMILES string of the molecule is Cc1ccc(F)cc1-c1nc[nH]c(=O)c1C. The van der Waals surface area contributed by atoms with Gasteiger partial charge in [-0.2, -0.15) is 0 Å². The zero-order valence-electron chi connectivity index (χ0n) is 9.04. The molecule has 1 heterocycles. The highest BCUT2D eigenvalue weighted by Crippen LogP contribution is 2.23. The lowest BCUT2D eigenvalue weighted by Crippen LogP contribution is -2.11. The third kappa shape index (κ3) is 1.74. The maximum Gasteiger partial charge on any atom is 0.254 e. The molecule has 2 rings (SSSR count). The van der Waals surface area contributed by atoms with Crippen LogP contribution in [0.5, 0.6) is 0 Å². The Labute approximate surface area is 92.0 Å². The third-order valence-electron chi connectivity index (χ3n) is 2.54. The van der Waals surface area contributed by atoms with Crippen molar-refractivity contribution in [2.75, 3.05) is 0 Å². The van der Waals surface area contributed by atoms with Crippen LogP contribution in [-0.4, -0.2) is 9.97 Å². The first-order valence-corrected chi connectivity index (χ1v) is 4.90. The molecule has 16 heavy (non-hydrogen) atoms. The summed E-state index contributed by atoms with van der Waals surface area (Å²) < 4.78 is 13.2. The number of nitrogens with one attached hydrogen (secondary N) is 1. The van der Waals surface area contributed by atoms with E-state index in [0.29, 0.717) is 16.8 Å². The molecule has 3 nitrogen and oxygen atoms in total. The van der Waals surface area contributed by atoms with E-state index >= 15 is 0 Å². The van der Waals surface area contributed by atoms with Crippen molar-refractivity contribution in [2.24, 2.45) is 0 Å². The topological polar surface area (TPSA) is 45.8 Å². The normalized spacial score (nSPS) is 10.4. The van der Waals surface area contributed by atoms with Crippen molar-refractivity contribution in [3.8, 4) is 11.3 Å². The van der Waals surface area contributed by atoms with E-state index in [-0.39, 0.29) is 11.4 Å². The quantitative estimate of drug-likeness (QED) is 0.797. The highest BCUT2D eigenvalue weighted by atomic mass is 19.1. The van der Waals surface area contributed by atoms with Crippen LogP contribution in [-0.2, 0) is 0 Å². The van der Waals surface area contributed by atoms with Gasteiger partial charge in [-0.15, -0.1) is 0 Å². The predicted octanol–water partition coefficient (Wildman–Crippen LogP) is 2.19. The van der Waals surface area contributed by atoms with Crippen LogP contribution < -0.4 is 5.56 Å². The molecule has 0 aliphatic carbocycles. The van der Waals surface area contributed by atoms with E-state index in [9.17, 15) is 9.18 Å². The van der Waals surface area contributed by atoms with E-state index in [1.165, 1.54) is 18.5 Å². The van der Waals surface area contributed by atoms with Gasteiger partial charge in [0.1, 0.15) is 5.82 Å². The molecule has 0 aliphatic heterocycles. The van der Waals surface area contributed by atoms with Crippen molar-refractivity contribution >= 4 is 0 Å². The fourth-order valence-corrected chi connectivity index (χ4v) is 1.59. The molecule has 1 aromatic heterocycles. The minimum atomic E-state index is -0.331. The van der Waals surface area contributed by atoms with Crippen LogP contribution >= 0.6 is 0 Å². The molecule has 82 valence electrons. The summed E-state index contributed by atoms with van der Waals surface area (Å²) >= 11 is 0. The van der Waals surface area contributed by atoms with Crippen molar-refractivity contribution in [1.82, 2.24) is 9.97 Å². The van der Waals surface area contributed by atoms with Gasteiger partial charge in [-0.1, -0.05) is 6.07 Å². The van der Waals surface area contributed by atoms with Gasteiger partial charge in [0.15, 0.2) is 0 Å². The first-order valence-electron chi connectivity index (χ1n) is 4.90. The maximum absolute atomic E-state index is 13.2. The van der Waals surface area contributed by atoms with E-state index in [2.05, 4.69) is 9.97 Å². The summed E-state index contributed by atoms with van der Waals surface area (Å²) in [7, 11) is 0. The Bertz CT molecular complexity index is 590. The number of hydrogen-bond donors (Lipinski definition) is 1. The molecule has 0 bridgehead atoms. The van der Waals surface area contributed by atoms with E-state index in [1.54, 1.807) is 13.0 Å². The molecule has 0 saturated carbocycles. The minimum Gasteiger partial charge on any atom is -0.313 e. The van der Waals surface area contributed by atoms with Gasteiger partial charge in [0.2, 0.25) is 0 Å². The number of nitrogens with zero attached hydrogens (tertiary/aromatic N) is 1. The van der Waals surface area contributed by atoms with Gasteiger partial charge in [0.25, 0.3) is 5.56 Å². The maximum atomic E-state index is 13.2. The summed E-state index contributed by atoms with van der Waals surface area (Å²) in [4.78, 5) is 18.0. The molecule has 0 saturated heterocycles. The molecule has 1 aromatic carbocycles. The Morgan fingerprint density at radius 2 is 2.06 bits per heavy atom. The van der Waals surface area contributed by atoms with Crippen molar-refractivity contribution in [3.05, 3.63) is 51.8 Å². The lowest BCUT2D eigenvalue weighted by Gasteiger charge is -2.07. The predicted molar refractivity (Wildman–Crippen MR) is 59.7 cm³/mol. The van der Waals surface area contributed by atoms with E-state index in [1.807, 2.05) is 6.92 Å². The first kappa shape index (κ1) is 10.5. The summed E-state index contributed by atoms with van der Waals surface area (Å²) in [6.45, 7) is 3.53. The molecule has 2 aromatic rings. The van der Waals surface area contributed by atoms with Crippen LogP contribution in [0.25, 0.3) is 11.3 Å². The van der Waals surface area contributed by atoms with Crippen LogP contribution in [0.4, 0.5) is 4.39 Å². The molecule has 0 spiro atoms. The largest absolute Gasteiger partial charge is 0.313 e. The lowest BCUT2D eigenvalue weighted by atomic mass is 10.0. The molecule has 4 heteroatoms. The summed E-state index contributed by atoms with van der Waals surface area (Å²) in [6.07, 6.45) is 1.33. The van der Waals surface area contributed by atoms with Crippen LogP contribution in [0.1, 0.15) is 11.1 Å². The molecule has 0 radical (unpaired) electrons. The van der Waals surface area contributed by atoms with Crippen LogP contribution in [0.2, 0.25) is 0 Å². The van der Waals surface area contributed by atoms with Gasteiger partial charge >= 0.3 is 0 Å². The molecular formula is C12H11FN2O. The van der Waals surface area contributed by atoms with E-state index in [0.717, 1.165) is 5.56 Å². The zero-order chi connectivity index (χ0) is 11.7. The Hall–Kier alpha value is -1.97. The fourth-order valence-electron chi connectivity index (χ4n) is 1.59. The van der Waals surface area contributed by atoms with Gasteiger partial charge in [-0.05, 0) is 31.5 Å². The second-order valence-corrected chi connectivity index (χ2v) is 3.66. The monoisotopic (exact) mass is 218 g/mol. The highest BCUT2D eigenvalue weighted by Gasteiger charge is 2.09. The van der Waals surface area contributed by atoms with Crippen molar-refractivity contribution in [1.29, 1.82) is 0 Å². The third-order valence-corrected chi connectivity index (χ3v) is 2.54. The summed E-state index contributed by atoms with van der Waals surface area (Å²) in [5, 5.41) is 0. The Kier molecular flexibility index (Phi) is 2.56. The lowest BCUT2D eigenvalue weighted by molar-refractivity contribution is 0.628. The summed E-state index contributed by atoms with van der Waals surface area (Å²) in [5.41, 5.74) is 2.37. The summed E-state index contributed by atoms with van der Waals surface area (Å²) in [5.74, 6) is -0.331. The highest BCUT2D eigenvalue weighted by molar-refractivity contribution is 5.65. The molecule has 0 aliphatic rings. The fraction of sp³-hybridized carbons (Fsp3) is 0.167. The average molecular weight is 218 g/mol. The molecule has 0 fully saturated rings. The molecule has 0 atom stereocenters. The number of benzene rings is 1. The number of H-pyrrole nitrogens is 1. The van der Waals surface area contributed by atoms with Gasteiger partial charge < -0.3 is 4.98 Å². The average Bonchev–Trinajstić information content (AvgIpc) is 2.26. The second kappa shape index (κ2) is 3.89. The minimum absolute atomic E-state index is 0.200.